The third kappa shape index (κ3) is 6.85. The fraction of sp³-hybridized carbons (Fsp3) is 0.727. The lowest BCUT2D eigenvalue weighted by molar-refractivity contribution is 0.206. The Labute approximate surface area is 176 Å². The van der Waals surface area contributed by atoms with Crippen LogP contribution in [0.25, 0.3) is 0 Å². The van der Waals surface area contributed by atoms with E-state index in [9.17, 15) is 0 Å². The number of likely N-dealkylation sites (N-methyl/N-ethyl adjacent to an activating group) is 1. The molecule has 2 aliphatic heterocycles. The van der Waals surface area contributed by atoms with Crippen molar-refractivity contribution in [1.82, 2.24) is 25.4 Å². The molecule has 2 aliphatic rings. The molecule has 29 heavy (non-hydrogen) atoms. The summed E-state index contributed by atoms with van der Waals surface area (Å²) in [6.07, 6.45) is 5.53. The largest absolute Gasteiger partial charge is 0.357 e. The van der Waals surface area contributed by atoms with Gasteiger partial charge in [-0.15, -0.1) is 0 Å². The quantitative estimate of drug-likeness (QED) is 0.536. The van der Waals surface area contributed by atoms with Gasteiger partial charge < -0.3 is 25.3 Å². The molecule has 3 rings (SSSR count). The lowest BCUT2D eigenvalue weighted by Crippen LogP contribution is -2.48. The molecular formula is C22H39N7. The fourth-order valence-electron chi connectivity index (χ4n) is 4.07. The number of anilines is 1. The molecule has 2 fully saturated rings. The summed E-state index contributed by atoms with van der Waals surface area (Å²) >= 11 is 0. The Hall–Kier alpha value is -1.86. The van der Waals surface area contributed by atoms with Crippen LogP contribution in [0.15, 0.2) is 23.3 Å². The second kappa shape index (κ2) is 11.4. The van der Waals surface area contributed by atoms with Crippen LogP contribution in [0.4, 0.5) is 5.82 Å². The van der Waals surface area contributed by atoms with E-state index in [1.54, 1.807) is 0 Å². The summed E-state index contributed by atoms with van der Waals surface area (Å²) in [7, 11) is 2.18. The highest BCUT2D eigenvalue weighted by Crippen LogP contribution is 2.15. The van der Waals surface area contributed by atoms with Gasteiger partial charge in [0.1, 0.15) is 5.82 Å². The van der Waals surface area contributed by atoms with Crippen molar-refractivity contribution in [2.75, 3.05) is 64.3 Å². The maximum absolute atomic E-state index is 4.86. The number of piperazine rings is 1. The molecule has 7 heteroatoms. The van der Waals surface area contributed by atoms with Crippen LogP contribution in [-0.2, 0) is 6.54 Å². The molecule has 162 valence electrons. The second-order valence-corrected chi connectivity index (χ2v) is 8.27. The molecule has 7 nitrogen and oxygen atoms in total. The molecule has 3 heterocycles. The van der Waals surface area contributed by atoms with Crippen LogP contribution in [0, 0.1) is 0 Å². The van der Waals surface area contributed by atoms with E-state index in [2.05, 4.69) is 63.3 Å². The predicted octanol–water partition coefficient (Wildman–Crippen LogP) is 1.76. The smallest absolute Gasteiger partial charge is 0.191 e. The number of hydrogen-bond acceptors (Lipinski definition) is 5. The van der Waals surface area contributed by atoms with Crippen molar-refractivity contribution >= 4 is 11.8 Å². The van der Waals surface area contributed by atoms with Gasteiger partial charge in [0.15, 0.2) is 5.96 Å². The van der Waals surface area contributed by atoms with Crippen LogP contribution in [0.1, 0.15) is 38.7 Å². The Bertz CT molecular complexity index is 632. The number of pyridine rings is 1. The summed E-state index contributed by atoms with van der Waals surface area (Å²) in [6, 6.07) is 4.79. The lowest BCUT2D eigenvalue weighted by Gasteiger charge is -2.33. The van der Waals surface area contributed by atoms with Crippen LogP contribution < -0.4 is 15.5 Å². The first-order valence-electron chi connectivity index (χ1n) is 11.3. The molecule has 0 unspecified atom stereocenters. The Morgan fingerprint density at radius 1 is 1.14 bits per heavy atom. The van der Waals surface area contributed by atoms with Gasteiger partial charge in [-0.25, -0.2) is 9.98 Å². The van der Waals surface area contributed by atoms with Gasteiger partial charge in [-0.05, 0) is 57.5 Å². The molecule has 0 spiro atoms. The van der Waals surface area contributed by atoms with Gasteiger partial charge in [0.25, 0.3) is 0 Å². The van der Waals surface area contributed by atoms with E-state index in [0.29, 0.717) is 12.6 Å². The minimum atomic E-state index is 0.513. The van der Waals surface area contributed by atoms with E-state index in [4.69, 9.17) is 4.99 Å². The van der Waals surface area contributed by atoms with Gasteiger partial charge in [-0.1, -0.05) is 6.92 Å². The average molecular weight is 402 g/mol. The number of nitrogens with zero attached hydrogens (tertiary/aromatic N) is 5. The molecule has 1 aromatic heterocycles. The third-order valence-corrected chi connectivity index (χ3v) is 5.87. The fourth-order valence-corrected chi connectivity index (χ4v) is 4.07. The van der Waals surface area contributed by atoms with Gasteiger partial charge in [-0.3, -0.25) is 0 Å². The number of likely N-dealkylation sites (tertiary alicyclic amines) is 1. The Morgan fingerprint density at radius 3 is 2.59 bits per heavy atom. The van der Waals surface area contributed by atoms with Crippen LogP contribution in [0.2, 0.25) is 0 Å². The van der Waals surface area contributed by atoms with Crippen molar-refractivity contribution in [3.8, 4) is 0 Å². The maximum atomic E-state index is 4.86. The molecule has 2 N–H and O–H groups in total. The summed E-state index contributed by atoms with van der Waals surface area (Å²) in [4.78, 5) is 16.8. The van der Waals surface area contributed by atoms with E-state index >= 15 is 0 Å². The average Bonchev–Trinajstić information content (AvgIpc) is 2.74. The first kappa shape index (κ1) is 21.8. The van der Waals surface area contributed by atoms with Crippen molar-refractivity contribution in [2.45, 2.75) is 45.7 Å². The molecule has 0 amide bonds. The van der Waals surface area contributed by atoms with E-state index in [0.717, 1.165) is 44.5 Å². The van der Waals surface area contributed by atoms with Crippen molar-refractivity contribution in [2.24, 2.45) is 4.99 Å². The van der Waals surface area contributed by atoms with Gasteiger partial charge in [0, 0.05) is 58.1 Å². The Morgan fingerprint density at radius 2 is 1.90 bits per heavy atom. The normalized spacial score (nSPS) is 20.1. The SMILES string of the molecule is CCCN1CCC(NC(=NCc2ccnc(N3CCN(C)CC3)c2)NCC)CC1. The second-order valence-electron chi connectivity index (χ2n) is 8.27. The molecule has 2 saturated heterocycles. The number of nitrogens with one attached hydrogen (secondary N) is 2. The van der Waals surface area contributed by atoms with Crippen molar-refractivity contribution in [1.29, 1.82) is 0 Å². The highest BCUT2D eigenvalue weighted by Gasteiger charge is 2.19. The minimum absolute atomic E-state index is 0.513. The first-order valence-corrected chi connectivity index (χ1v) is 11.3. The number of guanidine groups is 1. The molecular weight excluding hydrogens is 362 g/mol. The standard InChI is InChI=1S/C22H39N7/c1-4-10-28-11-7-20(8-12-28)26-22(23-5-2)25-18-19-6-9-24-21(17-19)29-15-13-27(3)14-16-29/h6,9,17,20H,4-5,7-8,10-16,18H2,1-3H3,(H2,23,25,26). The van der Waals surface area contributed by atoms with Crippen LogP contribution in [0.3, 0.4) is 0 Å². The highest BCUT2D eigenvalue weighted by molar-refractivity contribution is 5.80. The molecule has 0 aromatic carbocycles. The summed E-state index contributed by atoms with van der Waals surface area (Å²) in [5, 5.41) is 7.07. The summed E-state index contributed by atoms with van der Waals surface area (Å²) in [5.74, 6) is 2.01. The van der Waals surface area contributed by atoms with Crippen LogP contribution in [-0.4, -0.2) is 86.2 Å². The Balaban J connectivity index is 1.55. The molecule has 0 bridgehead atoms. The van der Waals surface area contributed by atoms with Gasteiger partial charge in [-0.2, -0.15) is 0 Å². The number of aliphatic imine (C=N–C) groups is 1. The third-order valence-electron chi connectivity index (χ3n) is 5.87. The summed E-state index contributed by atoms with van der Waals surface area (Å²) in [6.45, 7) is 13.8. The van der Waals surface area contributed by atoms with E-state index in [1.807, 2.05) is 6.20 Å². The molecule has 1 aromatic rings. The zero-order valence-corrected chi connectivity index (χ0v) is 18.5. The Kier molecular flexibility index (Phi) is 8.55. The lowest BCUT2D eigenvalue weighted by atomic mass is 10.1. The molecule has 0 radical (unpaired) electrons. The number of piperidine rings is 1. The topological polar surface area (TPSA) is 59.0 Å². The van der Waals surface area contributed by atoms with Crippen LogP contribution >= 0.6 is 0 Å². The number of aromatic nitrogens is 1. The molecule has 0 atom stereocenters. The van der Waals surface area contributed by atoms with Crippen LogP contribution in [0.5, 0.6) is 0 Å². The minimum Gasteiger partial charge on any atom is -0.357 e. The first-order chi connectivity index (χ1) is 14.2. The van der Waals surface area contributed by atoms with E-state index in [1.165, 1.54) is 44.5 Å². The maximum Gasteiger partial charge on any atom is 0.191 e. The zero-order chi connectivity index (χ0) is 20.5. The van der Waals surface area contributed by atoms with Crippen molar-refractivity contribution in [3.05, 3.63) is 23.9 Å². The zero-order valence-electron chi connectivity index (χ0n) is 18.5. The predicted molar refractivity (Wildman–Crippen MR) is 122 cm³/mol. The highest BCUT2D eigenvalue weighted by atomic mass is 15.3. The van der Waals surface area contributed by atoms with Crippen molar-refractivity contribution < 1.29 is 0 Å². The monoisotopic (exact) mass is 401 g/mol. The van der Waals surface area contributed by atoms with E-state index in [-0.39, 0.29) is 0 Å². The summed E-state index contributed by atoms with van der Waals surface area (Å²) in [5.41, 5.74) is 1.21. The van der Waals surface area contributed by atoms with E-state index < -0.39 is 0 Å². The molecule has 0 saturated carbocycles. The van der Waals surface area contributed by atoms with Gasteiger partial charge in [0.2, 0.25) is 0 Å². The van der Waals surface area contributed by atoms with Crippen molar-refractivity contribution in [3.63, 3.8) is 0 Å². The van der Waals surface area contributed by atoms with Gasteiger partial charge in [0.05, 0.1) is 6.54 Å². The number of rotatable bonds is 7. The van der Waals surface area contributed by atoms with Gasteiger partial charge >= 0.3 is 0 Å². The molecule has 0 aliphatic carbocycles. The summed E-state index contributed by atoms with van der Waals surface area (Å²) < 4.78 is 0. The number of hydrogen-bond donors (Lipinski definition) is 2.